The number of halogens is 2. The predicted molar refractivity (Wildman–Crippen MR) is 135 cm³/mol. The van der Waals surface area contributed by atoms with Crippen LogP contribution in [0.25, 0.3) is 33.8 Å². The molecule has 0 aliphatic carbocycles. The van der Waals surface area contributed by atoms with E-state index in [1.54, 1.807) is 0 Å². The van der Waals surface area contributed by atoms with E-state index in [0.29, 0.717) is 22.8 Å². The molecule has 7 rings (SSSR count). The van der Waals surface area contributed by atoms with E-state index in [-0.39, 0.29) is 0 Å². The molecule has 0 atom stereocenters. The van der Waals surface area contributed by atoms with E-state index in [2.05, 4.69) is 0 Å². The molecule has 0 radical (unpaired) electrons. The number of rotatable bonds is 2. The Kier molecular flexibility index (Phi) is 3.89. The summed E-state index contributed by atoms with van der Waals surface area (Å²) >= 11 is 0. The quantitative estimate of drug-likeness (QED) is 0.262. The summed E-state index contributed by atoms with van der Waals surface area (Å²) in [5.41, 5.74) is 5.43. The largest absolute Gasteiger partial charge is 0.737 e. The van der Waals surface area contributed by atoms with Crippen molar-refractivity contribution in [2.45, 2.75) is 0 Å². The third-order valence-electron chi connectivity index (χ3n) is 6.91. The smallest absolute Gasteiger partial charge is 0.389 e. The molecule has 5 heteroatoms. The molecule has 2 aliphatic rings. The van der Waals surface area contributed by atoms with Crippen LogP contribution in [0.5, 0.6) is 0 Å². The van der Waals surface area contributed by atoms with E-state index in [0.717, 1.165) is 33.0 Å². The van der Waals surface area contributed by atoms with E-state index < -0.39 is 6.97 Å². The van der Waals surface area contributed by atoms with Crippen LogP contribution < -0.4 is 0 Å². The monoisotopic (exact) mass is 444 g/mol. The van der Waals surface area contributed by atoms with Crippen LogP contribution in [0.2, 0.25) is 0 Å². The first-order chi connectivity index (χ1) is 16.7. The lowest BCUT2D eigenvalue weighted by atomic mass is 9.89. The van der Waals surface area contributed by atoms with Crippen LogP contribution in [0.15, 0.2) is 109 Å². The van der Waals surface area contributed by atoms with Gasteiger partial charge in [-0.25, -0.2) is 0 Å². The molecule has 0 bridgehead atoms. The summed E-state index contributed by atoms with van der Waals surface area (Å²) in [6, 6.07) is 34.4. The summed E-state index contributed by atoms with van der Waals surface area (Å²) in [6.07, 6.45) is 1.93. The Morgan fingerprint density at radius 2 is 1.15 bits per heavy atom. The van der Waals surface area contributed by atoms with Crippen molar-refractivity contribution in [3.63, 3.8) is 0 Å². The highest BCUT2D eigenvalue weighted by Crippen LogP contribution is 2.46. The average Bonchev–Trinajstić information content (AvgIpc) is 3.40. The van der Waals surface area contributed by atoms with Crippen LogP contribution in [0.3, 0.4) is 0 Å². The maximum Gasteiger partial charge on any atom is 0.737 e. The Morgan fingerprint density at radius 3 is 1.85 bits per heavy atom. The number of fused-ring (bicyclic) bond motifs is 6. The van der Waals surface area contributed by atoms with Crippen molar-refractivity contribution in [2.24, 2.45) is 0 Å². The first-order valence-electron chi connectivity index (χ1n) is 11.4. The minimum absolute atomic E-state index is 0.551. The van der Waals surface area contributed by atoms with Crippen LogP contribution in [0.1, 0.15) is 22.4 Å². The zero-order valence-corrected chi connectivity index (χ0v) is 18.2. The average molecular weight is 444 g/mol. The van der Waals surface area contributed by atoms with Gasteiger partial charge in [0, 0.05) is 33.8 Å². The van der Waals surface area contributed by atoms with Crippen molar-refractivity contribution < 1.29 is 13.1 Å². The second-order valence-electron chi connectivity index (χ2n) is 8.76. The van der Waals surface area contributed by atoms with Crippen molar-refractivity contribution in [2.75, 3.05) is 0 Å². The highest BCUT2D eigenvalue weighted by atomic mass is 19.2. The topological polar surface area (TPSA) is 7.94 Å². The Labute approximate surface area is 195 Å². The fourth-order valence-electron chi connectivity index (χ4n) is 5.55. The second kappa shape index (κ2) is 6.88. The Morgan fingerprint density at radius 1 is 0.588 bits per heavy atom. The lowest BCUT2D eigenvalue weighted by Gasteiger charge is -2.31. The molecule has 0 fully saturated rings. The summed E-state index contributed by atoms with van der Waals surface area (Å²) < 4.78 is 36.4. The number of hydrogen-bond donors (Lipinski definition) is 0. The summed E-state index contributed by atoms with van der Waals surface area (Å²) in [5, 5.41) is 1.67. The highest BCUT2D eigenvalue weighted by molar-refractivity contribution is 6.60. The van der Waals surface area contributed by atoms with Crippen molar-refractivity contribution in [1.82, 2.24) is 4.48 Å². The molecule has 5 aromatic rings. The van der Waals surface area contributed by atoms with Gasteiger partial charge in [0.25, 0.3) is 0 Å². The third kappa shape index (κ3) is 2.47. The Bertz CT molecular complexity index is 1670. The molecule has 0 N–H and O–H groups in total. The molecule has 2 nitrogen and oxygen atoms in total. The first kappa shape index (κ1) is 19.2. The molecule has 3 heterocycles. The molecule has 2 aliphatic heterocycles. The van der Waals surface area contributed by atoms with Gasteiger partial charge in [0.15, 0.2) is 11.4 Å². The number of hydrogen-bond acceptors (Lipinski definition) is 0. The second-order valence-corrected chi connectivity index (χ2v) is 8.76. The predicted octanol–water partition coefficient (Wildman–Crippen LogP) is 6.91. The molecule has 34 heavy (non-hydrogen) atoms. The fraction of sp³-hybridized carbons (Fsp3) is 0. The number of nitrogens with zero attached hydrogens (tertiary/aromatic N) is 2. The summed E-state index contributed by atoms with van der Waals surface area (Å²) in [7, 11) is 0. The maximum atomic E-state index is 16.9. The van der Waals surface area contributed by atoms with E-state index in [1.165, 1.54) is 8.96 Å². The molecule has 0 saturated heterocycles. The zero-order valence-electron chi connectivity index (χ0n) is 18.2. The third-order valence-corrected chi connectivity index (χ3v) is 6.91. The van der Waals surface area contributed by atoms with E-state index >= 15 is 8.63 Å². The lowest BCUT2D eigenvalue weighted by molar-refractivity contribution is -0.316. The van der Waals surface area contributed by atoms with Crippen molar-refractivity contribution in [1.29, 1.82) is 0 Å². The van der Waals surface area contributed by atoms with Gasteiger partial charge in [-0.2, -0.15) is 0 Å². The Balaban J connectivity index is 1.65. The summed E-state index contributed by atoms with van der Waals surface area (Å²) in [5.74, 6) is 0. The van der Waals surface area contributed by atoms with E-state index in [4.69, 9.17) is 0 Å². The van der Waals surface area contributed by atoms with E-state index in [1.807, 2.05) is 115 Å². The van der Waals surface area contributed by atoms with Crippen LogP contribution in [0.4, 0.5) is 8.63 Å². The minimum Gasteiger partial charge on any atom is -0.389 e. The molecule has 0 amide bonds. The standard InChI is InChI=1S/C29H19BF2N2/c31-30(32)33-26(22-15-7-9-17-24(22)28(33)20-11-3-1-4-12-20)19-27-23-16-8-10-18-25(23)29(34(27)30)21-13-5-2-6-14-21/h1-19H. The summed E-state index contributed by atoms with van der Waals surface area (Å²) in [4.78, 5) is 0. The van der Waals surface area contributed by atoms with Crippen molar-refractivity contribution in [3.8, 4) is 11.3 Å². The lowest BCUT2D eigenvalue weighted by Crippen LogP contribution is -2.50. The first-order valence-corrected chi connectivity index (χ1v) is 11.4. The molecule has 0 spiro atoms. The molecular weight excluding hydrogens is 425 g/mol. The Hall–Kier alpha value is -4.25. The van der Waals surface area contributed by atoms with Gasteiger partial charge in [0.05, 0.1) is 11.1 Å². The number of aromatic nitrogens is 1. The van der Waals surface area contributed by atoms with Crippen LogP contribution >= 0.6 is 0 Å². The molecule has 0 unspecified atom stereocenters. The van der Waals surface area contributed by atoms with Crippen LogP contribution in [-0.2, 0) is 0 Å². The SMILES string of the molecule is F[B-]1(F)n2c(c3ccccc3c2-c2ccccc2)C=C2c3ccccc3C(c3ccccc3)=[N+]21. The molecule has 4 aromatic carbocycles. The van der Waals surface area contributed by atoms with Gasteiger partial charge in [0.1, 0.15) is 0 Å². The highest BCUT2D eigenvalue weighted by Gasteiger charge is 2.56. The molecule has 162 valence electrons. The van der Waals surface area contributed by atoms with Gasteiger partial charge in [-0.15, -0.1) is 0 Å². The normalized spacial score (nSPS) is 15.6. The molecular formula is C29H19BF2N2. The van der Waals surface area contributed by atoms with E-state index in [9.17, 15) is 0 Å². The van der Waals surface area contributed by atoms with Gasteiger partial charge in [-0.3, -0.25) is 0 Å². The van der Waals surface area contributed by atoms with Gasteiger partial charge < -0.3 is 17.6 Å². The zero-order chi connectivity index (χ0) is 22.9. The van der Waals surface area contributed by atoms with Gasteiger partial charge in [0.2, 0.25) is 0 Å². The number of benzene rings is 4. The molecule has 0 saturated carbocycles. The van der Waals surface area contributed by atoms with Crippen LogP contribution in [-0.4, -0.2) is 21.6 Å². The van der Waals surface area contributed by atoms with Gasteiger partial charge >= 0.3 is 6.97 Å². The van der Waals surface area contributed by atoms with Crippen molar-refractivity contribution in [3.05, 3.63) is 132 Å². The fourth-order valence-corrected chi connectivity index (χ4v) is 5.55. The van der Waals surface area contributed by atoms with Crippen LogP contribution in [0, 0.1) is 0 Å². The summed E-state index contributed by atoms with van der Waals surface area (Å²) in [6.45, 7) is -4.19. The molecule has 1 aromatic heterocycles. The van der Waals surface area contributed by atoms with Crippen molar-refractivity contribution >= 4 is 35.2 Å². The minimum atomic E-state index is -4.19. The van der Waals surface area contributed by atoms with Gasteiger partial charge in [-0.1, -0.05) is 84.9 Å². The maximum absolute atomic E-state index is 16.9. The van der Waals surface area contributed by atoms with Gasteiger partial charge in [-0.05, 0) is 29.8 Å².